The molecule has 0 aliphatic heterocycles. The second kappa shape index (κ2) is 8.53. The number of fused-ring (bicyclic) bond motifs is 1. The molecule has 0 amide bonds. The number of anilines is 1. The summed E-state index contributed by atoms with van der Waals surface area (Å²) in [5.74, 6) is -0.683. The fourth-order valence-corrected chi connectivity index (χ4v) is 3.88. The molecule has 0 saturated heterocycles. The van der Waals surface area contributed by atoms with Crippen molar-refractivity contribution >= 4 is 22.6 Å². The average molecular weight is 436 g/mol. The standard InChI is InChI=1S/C27H20N2O4/c1-15-11-20(17(3)29-23-10-9-18(14-28)13-21(23)27(31)32)26-22(12-15)24(30)16(2)25(33-26)19-7-5-4-6-8-19/h5,7-13,17,29H,1-3H3,(H,31,32). The molecular formula is C27H20N2O4. The Bertz CT molecular complexity index is 1480. The summed E-state index contributed by atoms with van der Waals surface area (Å²) >= 11 is 0. The van der Waals surface area contributed by atoms with Crippen LogP contribution in [0.3, 0.4) is 0 Å². The smallest absolute Gasteiger partial charge is 0.337 e. The fourth-order valence-electron chi connectivity index (χ4n) is 3.88. The van der Waals surface area contributed by atoms with Crippen molar-refractivity contribution < 1.29 is 14.3 Å². The zero-order chi connectivity index (χ0) is 23.7. The Balaban J connectivity index is 1.88. The molecule has 1 heterocycles. The highest BCUT2D eigenvalue weighted by molar-refractivity contribution is 5.95. The van der Waals surface area contributed by atoms with E-state index in [0.29, 0.717) is 28.0 Å². The Morgan fingerprint density at radius 2 is 1.97 bits per heavy atom. The van der Waals surface area contributed by atoms with E-state index < -0.39 is 12.0 Å². The zero-order valence-electron chi connectivity index (χ0n) is 18.3. The molecule has 162 valence electrons. The van der Waals surface area contributed by atoms with Gasteiger partial charge >= 0.3 is 5.97 Å². The first-order valence-electron chi connectivity index (χ1n) is 10.3. The van der Waals surface area contributed by atoms with Crippen LogP contribution in [0.5, 0.6) is 0 Å². The molecule has 1 unspecified atom stereocenters. The molecule has 1 aromatic heterocycles. The number of rotatable bonds is 5. The molecule has 6 nitrogen and oxygen atoms in total. The van der Waals surface area contributed by atoms with Crippen LogP contribution in [0.25, 0.3) is 22.3 Å². The van der Waals surface area contributed by atoms with Gasteiger partial charge in [0.2, 0.25) is 0 Å². The number of carboxylic acid groups (broad SMARTS) is 1. The SMILES string of the molecule is Cc1cc(C(C)Nc2ccc(C#N)cc2C(=O)O)c2oc(-c3cc#ccc3)c(C)c(=O)c2c1. The van der Waals surface area contributed by atoms with Gasteiger partial charge in [-0.05, 0) is 68.8 Å². The monoisotopic (exact) mass is 436 g/mol. The molecule has 6 heteroatoms. The number of aromatic carboxylic acids is 1. The van der Waals surface area contributed by atoms with Crippen molar-refractivity contribution in [2.45, 2.75) is 26.8 Å². The molecule has 4 aromatic rings. The molecule has 33 heavy (non-hydrogen) atoms. The lowest BCUT2D eigenvalue weighted by Crippen LogP contribution is -2.14. The highest BCUT2D eigenvalue weighted by Crippen LogP contribution is 2.32. The van der Waals surface area contributed by atoms with E-state index in [1.165, 1.54) is 6.07 Å². The van der Waals surface area contributed by atoms with Crippen molar-refractivity contribution in [2.75, 3.05) is 5.32 Å². The van der Waals surface area contributed by atoms with Gasteiger partial charge in [0.15, 0.2) is 5.43 Å². The summed E-state index contributed by atoms with van der Waals surface area (Å²) < 4.78 is 6.29. The van der Waals surface area contributed by atoms with Gasteiger partial charge in [-0.15, -0.1) is 0 Å². The highest BCUT2D eigenvalue weighted by atomic mass is 16.4. The summed E-state index contributed by atoms with van der Waals surface area (Å²) in [4.78, 5) is 25.0. The lowest BCUT2D eigenvalue weighted by Gasteiger charge is -2.20. The van der Waals surface area contributed by atoms with Crippen LogP contribution < -0.4 is 10.7 Å². The van der Waals surface area contributed by atoms with Gasteiger partial charge in [0.1, 0.15) is 11.3 Å². The minimum atomic E-state index is -1.14. The topological polar surface area (TPSA) is 103 Å². The maximum atomic E-state index is 13.2. The molecule has 0 bridgehead atoms. The summed E-state index contributed by atoms with van der Waals surface area (Å²) in [7, 11) is 0. The van der Waals surface area contributed by atoms with E-state index in [4.69, 9.17) is 9.68 Å². The lowest BCUT2D eigenvalue weighted by atomic mass is 9.98. The van der Waals surface area contributed by atoms with E-state index in [-0.39, 0.29) is 16.6 Å². The van der Waals surface area contributed by atoms with Crippen molar-refractivity contribution in [3.63, 3.8) is 0 Å². The molecule has 1 atom stereocenters. The summed E-state index contributed by atoms with van der Waals surface area (Å²) in [5, 5.41) is 22.4. The number of aryl methyl sites for hydroxylation is 1. The minimum absolute atomic E-state index is 0.00748. The maximum absolute atomic E-state index is 13.2. The Hall–Kier alpha value is -4.55. The van der Waals surface area contributed by atoms with E-state index in [9.17, 15) is 14.7 Å². The van der Waals surface area contributed by atoms with Gasteiger partial charge in [0.05, 0.1) is 28.6 Å². The summed E-state index contributed by atoms with van der Waals surface area (Å²) in [6, 6.07) is 20.7. The largest absolute Gasteiger partial charge is 0.478 e. The minimum Gasteiger partial charge on any atom is -0.478 e. The van der Waals surface area contributed by atoms with Crippen LogP contribution in [0, 0.1) is 37.3 Å². The van der Waals surface area contributed by atoms with E-state index in [1.54, 1.807) is 43.3 Å². The normalized spacial score (nSPS) is 11.5. The summed E-state index contributed by atoms with van der Waals surface area (Å²) in [5.41, 5.74) is 3.75. The second-order valence-electron chi connectivity index (χ2n) is 7.88. The van der Waals surface area contributed by atoms with E-state index in [1.807, 2.05) is 26.0 Å². The third-order valence-corrected chi connectivity index (χ3v) is 5.53. The second-order valence-corrected chi connectivity index (χ2v) is 7.88. The zero-order valence-corrected chi connectivity index (χ0v) is 18.3. The first-order valence-corrected chi connectivity index (χ1v) is 10.3. The molecule has 0 aliphatic carbocycles. The van der Waals surface area contributed by atoms with Crippen LogP contribution in [0.2, 0.25) is 0 Å². The number of carboxylic acids is 1. The number of hydrogen-bond donors (Lipinski definition) is 2. The van der Waals surface area contributed by atoms with Crippen LogP contribution in [0.1, 0.15) is 45.6 Å². The number of benzene rings is 2. The van der Waals surface area contributed by atoms with E-state index >= 15 is 0 Å². The Morgan fingerprint density at radius 1 is 1.18 bits per heavy atom. The number of nitriles is 1. The van der Waals surface area contributed by atoms with Gasteiger partial charge in [-0.1, -0.05) is 18.2 Å². The van der Waals surface area contributed by atoms with Crippen molar-refractivity contribution in [2.24, 2.45) is 0 Å². The van der Waals surface area contributed by atoms with E-state index in [2.05, 4.69) is 17.4 Å². The van der Waals surface area contributed by atoms with Gasteiger partial charge in [-0.25, -0.2) is 4.79 Å². The van der Waals surface area contributed by atoms with Crippen molar-refractivity contribution in [3.8, 4) is 17.4 Å². The molecule has 0 saturated carbocycles. The lowest BCUT2D eigenvalue weighted by molar-refractivity contribution is 0.0698. The number of hydrogen-bond acceptors (Lipinski definition) is 5. The molecule has 3 aromatic carbocycles. The molecule has 4 rings (SSSR count). The van der Waals surface area contributed by atoms with Crippen molar-refractivity contribution in [1.82, 2.24) is 0 Å². The van der Waals surface area contributed by atoms with Gasteiger partial charge in [0, 0.05) is 22.4 Å². The van der Waals surface area contributed by atoms with Crippen molar-refractivity contribution in [3.05, 3.63) is 98.7 Å². The molecule has 0 fully saturated rings. The van der Waals surface area contributed by atoms with Crippen LogP contribution in [-0.2, 0) is 0 Å². The Kier molecular flexibility index (Phi) is 5.60. The molecule has 0 spiro atoms. The average Bonchev–Trinajstić information content (AvgIpc) is 2.81. The number of nitrogens with zero attached hydrogens (tertiary/aromatic N) is 1. The third kappa shape index (κ3) is 4.03. The predicted molar refractivity (Wildman–Crippen MR) is 125 cm³/mol. The van der Waals surface area contributed by atoms with Crippen molar-refractivity contribution in [1.29, 1.82) is 5.26 Å². The molecule has 2 N–H and O–H groups in total. The van der Waals surface area contributed by atoms with Gasteiger partial charge < -0.3 is 14.8 Å². The first-order chi connectivity index (χ1) is 15.8. The number of carbonyl (C=O) groups is 1. The highest BCUT2D eigenvalue weighted by Gasteiger charge is 2.20. The predicted octanol–water partition coefficient (Wildman–Crippen LogP) is 5.42. The molecule has 0 aliphatic rings. The third-order valence-electron chi connectivity index (χ3n) is 5.53. The van der Waals surface area contributed by atoms with Gasteiger partial charge in [0.25, 0.3) is 0 Å². The molecular weight excluding hydrogens is 416 g/mol. The molecule has 0 radical (unpaired) electrons. The quantitative estimate of drug-likeness (QED) is 0.433. The van der Waals surface area contributed by atoms with Crippen LogP contribution in [0.4, 0.5) is 5.69 Å². The van der Waals surface area contributed by atoms with Crippen LogP contribution in [-0.4, -0.2) is 11.1 Å². The maximum Gasteiger partial charge on any atom is 0.337 e. The van der Waals surface area contributed by atoms with Gasteiger partial charge in [-0.3, -0.25) is 4.79 Å². The Labute approximate surface area is 190 Å². The summed E-state index contributed by atoms with van der Waals surface area (Å²) in [6.45, 7) is 5.49. The van der Waals surface area contributed by atoms with Gasteiger partial charge in [-0.2, -0.15) is 5.26 Å². The Morgan fingerprint density at radius 3 is 2.64 bits per heavy atom. The van der Waals surface area contributed by atoms with Crippen LogP contribution >= 0.6 is 0 Å². The van der Waals surface area contributed by atoms with Crippen LogP contribution in [0.15, 0.2) is 57.7 Å². The first kappa shape index (κ1) is 21.7. The van der Waals surface area contributed by atoms with E-state index in [0.717, 1.165) is 16.7 Å². The summed E-state index contributed by atoms with van der Waals surface area (Å²) in [6.07, 6.45) is 0. The number of nitrogens with one attached hydrogen (secondary N) is 1. The fraction of sp³-hybridized carbons (Fsp3) is 0.148.